The van der Waals surface area contributed by atoms with Crippen molar-refractivity contribution in [2.24, 2.45) is 0 Å². The summed E-state index contributed by atoms with van der Waals surface area (Å²) in [5.41, 5.74) is 4.51. The van der Waals surface area contributed by atoms with Gasteiger partial charge in [-0.05, 0) is 46.9 Å². The Morgan fingerprint density at radius 3 is 1.73 bits per heavy atom. The smallest absolute Gasteiger partial charge is 0.268 e. The van der Waals surface area contributed by atoms with Gasteiger partial charge in [-0.2, -0.15) is 0 Å². The average molecular weight is 718 g/mol. The number of para-hydroxylation sites is 1. The first-order valence-electron chi connectivity index (χ1n) is 17.6. The van der Waals surface area contributed by atoms with Crippen LogP contribution < -0.4 is 0 Å². The number of fused-ring (bicyclic) bond motifs is 1. The molecule has 52 heavy (non-hydrogen) atoms. The quantitative estimate of drug-likeness (QED) is 0.124. The van der Waals surface area contributed by atoms with E-state index in [1.807, 2.05) is 116 Å². The minimum atomic E-state index is -4.14. The first-order chi connectivity index (χ1) is 25.5. The second-order valence-corrected chi connectivity index (χ2v) is 14.7. The van der Waals surface area contributed by atoms with Crippen LogP contribution in [-0.4, -0.2) is 48.5 Å². The van der Waals surface area contributed by atoms with Crippen LogP contribution in [0, 0.1) is 0 Å². The molecule has 1 aliphatic heterocycles. The Morgan fingerprint density at radius 2 is 1.15 bits per heavy atom. The molecule has 1 fully saturated rings. The molecular formula is C43H43NO7S. The van der Waals surface area contributed by atoms with E-state index < -0.39 is 40.5 Å². The fourth-order valence-corrected chi connectivity index (χ4v) is 8.60. The summed E-state index contributed by atoms with van der Waals surface area (Å²) < 4.78 is 57.0. The minimum Gasteiger partial charge on any atom is -0.387 e. The molecule has 0 unspecified atom stereocenters. The predicted octanol–water partition coefficient (Wildman–Crippen LogP) is 7.63. The highest BCUT2D eigenvalue weighted by Gasteiger charge is 2.50. The van der Waals surface area contributed by atoms with E-state index in [-0.39, 0.29) is 24.7 Å². The third kappa shape index (κ3) is 7.61. The molecule has 0 aliphatic carbocycles. The molecule has 6 aromatic rings. The Morgan fingerprint density at radius 1 is 0.654 bits per heavy atom. The van der Waals surface area contributed by atoms with Gasteiger partial charge in [-0.3, -0.25) is 0 Å². The lowest BCUT2D eigenvalue weighted by Gasteiger charge is -2.45. The average Bonchev–Trinajstić information content (AvgIpc) is 3.53. The van der Waals surface area contributed by atoms with Gasteiger partial charge in [0.2, 0.25) is 0 Å². The summed E-state index contributed by atoms with van der Waals surface area (Å²) >= 11 is 0. The van der Waals surface area contributed by atoms with Crippen molar-refractivity contribution in [1.29, 1.82) is 0 Å². The van der Waals surface area contributed by atoms with Crippen LogP contribution in [0.5, 0.6) is 0 Å². The Kier molecular flexibility index (Phi) is 11.3. The lowest BCUT2D eigenvalue weighted by molar-refractivity contribution is -0.264. The first kappa shape index (κ1) is 35.8. The van der Waals surface area contributed by atoms with Gasteiger partial charge in [0.05, 0.1) is 42.5 Å². The van der Waals surface area contributed by atoms with Gasteiger partial charge in [-0.25, -0.2) is 12.4 Å². The number of hydrogen-bond acceptors (Lipinski definition) is 7. The second kappa shape index (κ2) is 16.4. The van der Waals surface area contributed by atoms with E-state index in [4.69, 9.17) is 18.9 Å². The van der Waals surface area contributed by atoms with E-state index in [1.54, 1.807) is 36.4 Å². The van der Waals surface area contributed by atoms with E-state index in [0.717, 1.165) is 27.6 Å². The lowest BCUT2D eigenvalue weighted by Crippen LogP contribution is -2.58. The van der Waals surface area contributed by atoms with Crippen molar-refractivity contribution in [3.8, 4) is 0 Å². The molecule has 5 atom stereocenters. The molecule has 8 nitrogen and oxygen atoms in total. The van der Waals surface area contributed by atoms with Crippen molar-refractivity contribution in [2.45, 2.75) is 68.6 Å². The minimum absolute atomic E-state index is 0.107. The Hall–Kier alpha value is -4.61. The lowest BCUT2D eigenvalue weighted by atomic mass is 9.91. The van der Waals surface area contributed by atoms with Gasteiger partial charge < -0.3 is 24.1 Å². The molecule has 0 radical (unpaired) electrons. The van der Waals surface area contributed by atoms with Gasteiger partial charge in [-0.1, -0.05) is 134 Å². The number of hydrogen-bond donors (Lipinski definition) is 1. The third-order valence-electron chi connectivity index (χ3n) is 9.50. The Labute approximate surface area is 305 Å². The fraction of sp³-hybridized carbons (Fsp3) is 0.256. The molecule has 2 heterocycles. The van der Waals surface area contributed by atoms with Crippen LogP contribution in [-0.2, 0) is 55.2 Å². The molecule has 0 spiro atoms. The van der Waals surface area contributed by atoms with Crippen LogP contribution in [0.3, 0.4) is 0 Å². The highest BCUT2D eigenvalue weighted by atomic mass is 32.2. The Bertz CT molecular complexity index is 2140. The van der Waals surface area contributed by atoms with Crippen molar-refractivity contribution in [2.75, 3.05) is 6.61 Å². The van der Waals surface area contributed by atoms with E-state index in [0.29, 0.717) is 24.2 Å². The summed E-state index contributed by atoms with van der Waals surface area (Å²) in [6.07, 6.45) is -4.34. The SMILES string of the molecule is CCc1c([C@@H]2O[C@@H](COCc3ccccc3)[C@H](OCc3ccccc3)[C@@H](OCc3ccccc3)[C@H]2O)n(S(=O)(=O)c2ccccc2)c2ccccc12. The summed E-state index contributed by atoms with van der Waals surface area (Å²) in [4.78, 5) is 0.133. The van der Waals surface area contributed by atoms with Gasteiger partial charge in [0, 0.05) is 5.39 Å². The van der Waals surface area contributed by atoms with E-state index in [2.05, 4.69) is 0 Å². The normalized spacial score (nSPS) is 20.6. The van der Waals surface area contributed by atoms with Crippen LogP contribution in [0.25, 0.3) is 10.9 Å². The molecule has 268 valence electrons. The number of rotatable bonds is 14. The van der Waals surface area contributed by atoms with Crippen LogP contribution >= 0.6 is 0 Å². The van der Waals surface area contributed by atoms with E-state index in [1.165, 1.54) is 3.97 Å². The molecule has 0 bridgehead atoms. The fourth-order valence-electron chi connectivity index (χ4n) is 6.99. The van der Waals surface area contributed by atoms with Crippen molar-refractivity contribution >= 4 is 20.9 Å². The summed E-state index contributed by atoms with van der Waals surface area (Å²) in [5.74, 6) is 0. The molecule has 0 amide bonds. The molecule has 5 aromatic carbocycles. The maximum atomic E-state index is 14.6. The van der Waals surface area contributed by atoms with Crippen molar-refractivity contribution in [1.82, 2.24) is 3.97 Å². The van der Waals surface area contributed by atoms with Crippen molar-refractivity contribution < 1.29 is 32.5 Å². The molecule has 7 rings (SSSR count). The number of nitrogens with zero attached hydrogens (tertiary/aromatic N) is 1. The molecule has 0 saturated carbocycles. The topological polar surface area (TPSA) is 96.2 Å². The summed E-state index contributed by atoms with van der Waals surface area (Å²) in [6.45, 7) is 2.86. The largest absolute Gasteiger partial charge is 0.387 e. The molecule has 1 aliphatic rings. The number of aliphatic hydroxyl groups excluding tert-OH is 1. The summed E-state index contributed by atoms with van der Waals surface area (Å²) in [6, 6.07) is 45.1. The first-order valence-corrected chi connectivity index (χ1v) is 19.1. The van der Waals surface area contributed by atoms with Crippen molar-refractivity contribution in [3.05, 3.63) is 174 Å². The number of benzene rings is 5. The Balaban J connectivity index is 1.33. The van der Waals surface area contributed by atoms with Crippen LogP contribution in [0.4, 0.5) is 0 Å². The highest BCUT2D eigenvalue weighted by molar-refractivity contribution is 7.90. The van der Waals surface area contributed by atoms with Gasteiger partial charge >= 0.3 is 0 Å². The van der Waals surface area contributed by atoms with E-state index in [9.17, 15) is 13.5 Å². The maximum absolute atomic E-state index is 14.6. The van der Waals surface area contributed by atoms with E-state index >= 15 is 0 Å². The van der Waals surface area contributed by atoms with Crippen LogP contribution in [0.2, 0.25) is 0 Å². The van der Waals surface area contributed by atoms with Gasteiger partial charge in [-0.15, -0.1) is 0 Å². The predicted molar refractivity (Wildman–Crippen MR) is 200 cm³/mol. The maximum Gasteiger partial charge on any atom is 0.268 e. The number of ether oxygens (including phenoxy) is 4. The molecule has 1 N–H and O–H groups in total. The summed E-state index contributed by atoms with van der Waals surface area (Å²) in [5, 5.41) is 13.3. The molecule has 1 saturated heterocycles. The zero-order valence-electron chi connectivity index (χ0n) is 29.0. The van der Waals surface area contributed by atoms with Gasteiger partial charge in [0.1, 0.15) is 30.5 Å². The van der Waals surface area contributed by atoms with Gasteiger partial charge in [0.15, 0.2) is 0 Å². The molecule has 1 aromatic heterocycles. The summed E-state index contributed by atoms with van der Waals surface area (Å²) in [7, 11) is -4.14. The third-order valence-corrected chi connectivity index (χ3v) is 11.2. The van der Waals surface area contributed by atoms with Crippen LogP contribution in [0.1, 0.15) is 41.0 Å². The van der Waals surface area contributed by atoms with Gasteiger partial charge in [0.25, 0.3) is 10.0 Å². The second-order valence-electron chi connectivity index (χ2n) is 12.9. The van der Waals surface area contributed by atoms with Crippen molar-refractivity contribution in [3.63, 3.8) is 0 Å². The number of aromatic nitrogens is 1. The number of aryl methyl sites for hydroxylation is 1. The van der Waals surface area contributed by atoms with Crippen LogP contribution in [0.15, 0.2) is 150 Å². The zero-order chi connectivity index (χ0) is 35.9. The highest BCUT2D eigenvalue weighted by Crippen LogP contribution is 2.42. The molecular weight excluding hydrogens is 675 g/mol. The zero-order valence-corrected chi connectivity index (χ0v) is 29.8. The monoisotopic (exact) mass is 717 g/mol. The molecule has 9 heteroatoms. The number of aliphatic hydroxyl groups is 1. The standard InChI is InChI=1S/C43H43NO7S/c1-2-35-36-25-15-16-26-37(36)44(52(46,47)34-23-13-6-14-24-34)39(35)42-40(45)43(50-29-33-21-11-5-12-22-33)41(49-28-32-19-9-4-10-20-32)38(51-42)30-48-27-31-17-7-3-8-18-31/h3-26,38,40-43,45H,2,27-30H2,1H3/t38-,40-,41-,42-,43-/m0/s1.